The van der Waals surface area contributed by atoms with E-state index in [1.54, 1.807) is 0 Å². The van der Waals surface area contributed by atoms with Gasteiger partial charge < -0.3 is 0 Å². The average Bonchev–Trinajstić information content (AvgIpc) is 3.25. The van der Waals surface area contributed by atoms with Crippen molar-refractivity contribution in [1.29, 1.82) is 0 Å². The quantitative estimate of drug-likeness (QED) is 0.725. The summed E-state index contributed by atoms with van der Waals surface area (Å²) in [4.78, 5) is 12.0. The average molecular weight is 250 g/mol. The Balaban J connectivity index is 1.66. The molecule has 0 unspecified atom stereocenters. The molecule has 1 heteroatoms. The van der Waals surface area contributed by atoms with Gasteiger partial charge >= 0.3 is 0 Å². The molecule has 96 valence electrons. The molecule has 3 rings (SSSR count). The summed E-state index contributed by atoms with van der Waals surface area (Å²) in [6.45, 7) is 0. The van der Waals surface area contributed by atoms with Crippen LogP contribution >= 0.6 is 0 Å². The van der Waals surface area contributed by atoms with Gasteiger partial charge in [-0.1, -0.05) is 54.6 Å². The SMILES string of the molecule is O=C(CC1CC1)c1ccc(Cc2ccccc2)cc1. The standard InChI is InChI=1S/C18H18O/c19-18(13-16-6-7-16)17-10-8-15(9-11-17)12-14-4-2-1-3-5-14/h1-5,8-11,16H,6-7,12-13H2. The van der Waals surface area contributed by atoms with Gasteiger partial charge in [0.05, 0.1) is 0 Å². The van der Waals surface area contributed by atoms with Crippen LogP contribution in [0.15, 0.2) is 54.6 Å². The van der Waals surface area contributed by atoms with Crippen molar-refractivity contribution in [3.05, 3.63) is 71.3 Å². The summed E-state index contributed by atoms with van der Waals surface area (Å²) in [6, 6.07) is 18.5. The van der Waals surface area contributed by atoms with Crippen molar-refractivity contribution in [2.24, 2.45) is 5.92 Å². The minimum Gasteiger partial charge on any atom is -0.294 e. The van der Waals surface area contributed by atoms with E-state index in [4.69, 9.17) is 0 Å². The minimum absolute atomic E-state index is 0.300. The van der Waals surface area contributed by atoms with Gasteiger partial charge in [0.2, 0.25) is 0 Å². The molecule has 0 bridgehead atoms. The van der Waals surface area contributed by atoms with E-state index in [2.05, 4.69) is 36.4 Å². The van der Waals surface area contributed by atoms with Crippen LogP contribution in [-0.4, -0.2) is 5.78 Å². The third kappa shape index (κ3) is 3.31. The molecule has 0 saturated heterocycles. The Morgan fingerprint density at radius 2 is 1.53 bits per heavy atom. The van der Waals surface area contributed by atoms with Crippen LogP contribution in [0.4, 0.5) is 0 Å². The van der Waals surface area contributed by atoms with Gasteiger partial charge in [-0.3, -0.25) is 4.79 Å². The highest BCUT2D eigenvalue weighted by Crippen LogP contribution is 2.33. The lowest BCUT2D eigenvalue weighted by Gasteiger charge is -2.04. The highest BCUT2D eigenvalue weighted by atomic mass is 16.1. The lowest BCUT2D eigenvalue weighted by atomic mass is 10.0. The summed E-state index contributed by atoms with van der Waals surface area (Å²) in [5.74, 6) is 0.963. The van der Waals surface area contributed by atoms with E-state index < -0.39 is 0 Å². The van der Waals surface area contributed by atoms with E-state index in [1.807, 2.05) is 18.2 Å². The van der Waals surface area contributed by atoms with Crippen molar-refractivity contribution >= 4 is 5.78 Å². The number of hydrogen-bond donors (Lipinski definition) is 0. The fourth-order valence-corrected chi connectivity index (χ4v) is 2.34. The summed E-state index contributed by atoms with van der Waals surface area (Å²) in [5, 5.41) is 0. The lowest BCUT2D eigenvalue weighted by Crippen LogP contribution is -2.00. The van der Waals surface area contributed by atoms with Gasteiger partial charge in [-0.2, -0.15) is 0 Å². The zero-order chi connectivity index (χ0) is 13.1. The van der Waals surface area contributed by atoms with Gasteiger partial charge in [0.25, 0.3) is 0 Å². The number of benzene rings is 2. The lowest BCUT2D eigenvalue weighted by molar-refractivity contribution is 0.0976. The van der Waals surface area contributed by atoms with Crippen molar-refractivity contribution in [2.75, 3.05) is 0 Å². The molecule has 1 aliphatic carbocycles. The van der Waals surface area contributed by atoms with Crippen LogP contribution in [0.2, 0.25) is 0 Å². The van der Waals surface area contributed by atoms with Gasteiger partial charge in [-0.25, -0.2) is 0 Å². The van der Waals surface area contributed by atoms with Gasteiger partial charge in [0.1, 0.15) is 0 Å². The maximum absolute atomic E-state index is 12.0. The molecule has 0 atom stereocenters. The highest BCUT2D eigenvalue weighted by Gasteiger charge is 2.24. The first-order chi connectivity index (χ1) is 9.31. The Bertz CT molecular complexity index is 550. The van der Waals surface area contributed by atoms with Crippen molar-refractivity contribution in [1.82, 2.24) is 0 Å². The van der Waals surface area contributed by atoms with Crippen molar-refractivity contribution in [2.45, 2.75) is 25.7 Å². The van der Waals surface area contributed by atoms with E-state index in [0.29, 0.717) is 11.7 Å². The summed E-state index contributed by atoms with van der Waals surface area (Å²) < 4.78 is 0. The summed E-state index contributed by atoms with van der Waals surface area (Å²) in [6.07, 6.45) is 4.13. The van der Waals surface area contributed by atoms with Crippen LogP contribution in [0, 0.1) is 5.92 Å². The molecular formula is C18H18O. The number of carbonyl (C=O) groups excluding carboxylic acids is 1. The van der Waals surface area contributed by atoms with Gasteiger partial charge in [-0.05, 0) is 36.3 Å². The molecule has 19 heavy (non-hydrogen) atoms. The highest BCUT2D eigenvalue weighted by molar-refractivity contribution is 5.96. The number of ketones is 1. The van der Waals surface area contributed by atoms with E-state index >= 15 is 0 Å². The van der Waals surface area contributed by atoms with E-state index in [1.165, 1.54) is 24.0 Å². The van der Waals surface area contributed by atoms with Gasteiger partial charge in [0, 0.05) is 12.0 Å². The number of rotatable bonds is 5. The molecule has 0 radical (unpaired) electrons. The van der Waals surface area contributed by atoms with E-state index in [0.717, 1.165) is 18.4 Å². The van der Waals surface area contributed by atoms with Gasteiger partial charge in [-0.15, -0.1) is 0 Å². The van der Waals surface area contributed by atoms with E-state index in [-0.39, 0.29) is 0 Å². The first kappa shape index (κ1) is 12.2. The number of carbonyl (C=O) groups is 1. The number of hydrogen-bond acceptors (Lipinski definition) is 1. The Morgan fingerprint density at radius 1 is 0.895 bits per heavy atom. The van der Waals surface area contributed by atoms with Crippen molar-refractivity contribution in [3.8, 4) is 0 Å². The Hall–Kier alpha value is -1.89. The first-order valence-corrected chi connectivity index (χ1v) is 6.97. The summed E-state index contributed by atoms with van der Waals surface area (Å²) in [7, 11) is 0. The molecule has 1 fully saturated rings. The second kappa shape index (κ2) is 5.40. The van der Waals surface area contributed by atoms with Crippen LogP contribution in [0.25, 0.3) is 0 Å². The van der Waals surface area contributed by atoms with Crippen LogP contribution in [0.5, 0.6) is 0 Å². The molecule has 0 aromatic heterocycles. The third-order valence-corrected chi connectivity index (χ3v) is 3.70. The predicted octanol–water partition coefficient (Wildman–Crippen LogP) is 4.26. The molecule has 2 aromatic rings. The molecule has 2 aromatic carbocycles. The molecular weight excluding hydrogens is 232 g/mol. The molecule has 1 aliphatic rings. The smallest absolute Gasteiger partial charge is 0.163 e. The molecule has 0 amide bonds. The van der Waals surface area contributed by atoms with Crippen LogP contribution < -0.4 is 0 Å². The second-order valence-electron chi connectivity index (χ2n) is 5.43. The maximum atomic E-state index is 12.0. The predicted molar refractivity (Wildman–Crippen MR) is 77.4 cm³/mol. The molecule has 0 aliphatic heterocycles. The first-order valence-electron chi connectivity index (χ1n) is 6.97. The summed E-state index contributed by atoms with van der Waals surface area (Å²) in [5.41, 5.74) is 3.43. The summed E-state index contributed by atoms with van der Waals surface area (Å²) >= 11 is 0. The fraction of sp³-hybridized carbons (Fsp3) is 0.278. The Morgan fingerprint density at radius 3 is 2.16 bits per heavy atom. The molecule has 0 spiro atoms. The topological polar surface area (TPSA) is 17.1 Å². The Labute approximate surface area is 114 Å². The van der Waals surface area contributed by atoms with Crippen LogP contribution in [0.3, 0.4) is 0 Å². The van der Waals surface area contributed by atoms with E-state index in [9.17, 15) is 4.79 Å². The molecule has 1 saturated carbocycles. The van der Waals surface area contributed by atoms with Gasteiger partial charge in [0.15, 0.2) is 5.78 Å². The largest absolute Gasteiger partial charge is 0.294 e. The Kier molecular flexibility index (Phi) is 3.45. The number of Topliss-reactive ketones (excluding diaryl/α,β-unsaturated/α-hetero) is 1. The molecule has 0 heterocycles. The molecule has 1 nitrogen and oxygen atoms in total. The van der Waals surface area contributed by atoms with Crippen LogP contribution in [-0.2, 0) is 6.42 Å². The zero-order valence-corrected chi connectivity index (χ0v) is 11.0. The zero-order valence-electron chi connectivity index (χ0n) is 11.0. The third-order valence-electron chi connectivity index (χ3n) is 3.70. The maximum Gasteiger partial charge on any atom is 0.163 e. The second-order valence-corrected chi connectivity index (χ2v) is 5.43. The van der Waals surface area contributed by atoms with Crippen LogP contribution in [0.1, 0.15) is 40.7 Å². The van der Waals surface area contributed by atoms with Crippen molar-refractivity contribution < 1.29 is 4.79 Å². The normalized spacial score (nSPS) is 14.3. The van der Waals surface area contributed by atoms with Crippen molar-refractivity contribution in [3.63, 3.8) is 0 Å². The molecule has 0 N–H and O–H groups in total. The minimum atomic E-state index is 0.300. The fourth-order valence-electron chi connectivity index (χ4n) is 2.34. The monoisotopic (exact) mass is 250 g/mol.